The van der Waals surface area contributed by atoms with E-state index in [0.717, 1.165) is 0 Å². The molecule has 0 unspecified atom stereocenters. The topological polar surface area (TPSA) is 57.8 Å². The lowest BCUT2D eigenvalue weighted by Gasteiger charge is -2.09. The molecule has 0 saturated carbocycles. The molecule has 0 fully saturated rings. The van der Waals surface area contributed by atoms with Crippen LogP contribution in [0, 0.1) is 0 Å². The molecule has 0 aliphatic heterocycles. The van der Waals surface area contributed by atoms with Crippen LogP contribution >= 0.6 is 0 Å². The van der Waals surface area contributed by atoms with Crippen molar-refractivity contribution in [1.82, 2.24) is 14.3 Å². The Morgan fingerprint density at radius 3 is 2.94 bits per heavy atom. The van der Waals surface area contributed by atoms with Gasteiger partial charge in [0.25, 0.3) is 5.56 Å². The SMILES string of the molecule is CN(C)Cc1cnc2c(O)cccn2c1=O. The summed E-state index contributed by atoms with van der Waals surface area (Å²) in [5.41, 5.74) is 0.748. The van der Waals surface area contributed by atoms with Crippen molar-refractivity contribution in [3.8, 4) is 5.75 Å². The predicted molar refractivity (Wildman–Crippen MR) is 60.5 cm³/mol. The van der Waals surface area contributed by atoms with Gasteiger partial charge < -0.3 is 10.0 Å². The van der Waals surface area contributed by atoms with Crippen molar-refractivity contribution in [1.29, 1.82) is 0 Å². The second-order valence-corrected chi connectivity index (χ2v) is 3.91. The lowest BCUT2D eigenvalue weighted by Crippen LogP contribution is -2.23. The molecule has 5 nitrogen and oxygen atoms in total. The number of aromatic nitrogens is 2. The molecule has 0 spiro atoms. The maximum absolute atomic E-state index is 12.0. The second kappa shape index (κ2) is 3.94. The molecule has 0 radical (unpaired) electrons. The predicted octanol–water partition coefficient (Wildman–Crippen LogP) is 0.462. The van der Waals surface area contributed by atoms with Gasteiger partial charge in [-0.1, -0.05) is 0 Å². The maximum atomic E-state index is 12.0. The average molecular weight is 219 g/mol. The molecule has 0 saturated heterocycles. The first-order valence-corrected chi connectivity index (χ1v) is 4.92. The maximum Gasteiger partial charge on any atom is 0.262 e. The van der Waals surface area contributed by atoms with Crippen molar-refractivity contribution < 1.29 is 5.11 Å². The van der Waals surface area contributed by atoms with Gasteiger partial charge in [-0.2, -0.15) is 0 Å². The number of nitrogens with zero attached hydrogens (tertiary/aromatic N) is 3. The number of aromatic hydroxyl groups is 1. The van der Waals surface area contributed by atoms with Crippen LogP contribution in [-0.2, 0) is 6.54 Å². The van der Waals surface area contributed by atoms with Crippen molar-refractivity contribution >= 4 is 5.65 Å². The molecule has 0 amide bonds. The summed E-state index contributed by atoms with van der Waals surface area (Å²) in [6.07, 6.45) is 3.11. The van der Waals surface area contributed by atoms with Crippen LogP contribution in [0.5, 0.6) is 5.75 Å². The Hall–Kier alpha value is -1.88. The summed E-state index contributed by atoms with van der Waals surface area (Å²) in [4.78, 5) is 18.0. The Morgan fingerprint density at radius 2 is 2.25 bits per heavy atom. The summed E-state index contributed by atoms with van der Waals surface area (Å²) in [7, 11) is 3.77. The fourth-order valence-corrected chi connectivity index (χ4v) is 1.58. The molecular formula is C11H13N3O2. The molecule has 2 aromatic heterocycles. The Morgan fingerprint density at radius 1 is 1.50 bits per heavy atom. The molecule has 16 heavy (non-hydrogen) atoms. The molecule has 84 valence electrons. The van der Waals surface area contributed by atoms with E-state index in [-0.39, 0.29) is 17.0 Å². The zero-order valence-corrected chi connectivity index (χ0v) is 9.21. The third-order valence-electron chi connectivity index (χ3n) is 2.27. The first-order valence-electron chi connectivity index (χ1n) is 4.92. The normalized spacial score (nSPS) is 11.2. The van der Waals surface area contributed by atoms with Gasteiger partial charge >= 0.3 is 0 Å². The van der Waals surface area contributed by atoms with Crippen LogP contribution in [-0.4, -0.2) is 33.5 Å². The minimum absolute atomic E-state index is 0.0102. The van der Waals surface area contributed by atoms with E-state index in [9.17, 15) is 9.90 Å². The Bertz CT molecular complexity index is 575. The van der Waals surface area contributed by atoms with Crippen molar-refractivity contribution in [2.75, 3.05) is 14.1 Å². The van der Waals surface area contributed by atoms with Gasteiger partial charge in [-0.15, -0.1) is 0 Å². The zero-order valence-electron chi connectivity index (χ0n) is 9.21. The second-order valence-electron chi connectivity index (χ2n) is 3.91. The molecule has 0 atom stereocenters. The number of hydrogen-bond acceptors (Lipinski definition) is 4. The highest BCUT2D eigenvalue weighted by Gasteiger charge is 2.07. The summed E-state index contributed by atoms with van der Waals surface area (Å²) in [5, 5.41) is 9.54. The molecule has 1 N–H and O–H groups in total. The lowest BCUT2D eigenvalue weighted by molar-refractivity contribution is 0.399. The monoisotopic (exact) mass is 219 g/mol. The first-order chi connectivity index (χ1) is 7.59. The molecule has 0 aromatic carbocycles. The summed E-state index contributed by atoms with van der Waals surface area (Å²) < 4.78 is 1.36. The highest BCUT2D eigenvalue weighted by Crippen LogP contribution is 2.13. The summed E-state index contributed by atoms with van der Waals surface area (Å²) in [6.45, 7) is 0.532. The Labute approximate surface area is 92.6 Å². The third-order valence-corrected chi connectivity index (χ3v) is 2.27. The van der Waals surface area contributed by atoms with E-state index < -0.39 is 0 Å². The van der Waals surface area contributed by atoms with Gasteiger partial charge in [-0.05, 0) is 26.2 Å². The van der Waals surface area contributed by atoms with E-state index in [2.05, 4.69) is 4.98 Å². The Kier molecular flexibility index (Phi) is 2.62. The number of pyridine rings is 1. The van der Waals surface area contributed by atoms with Crippen molar-refractivity contribution in [3.63, 3.8) is 0 Å². The van der Waals surface area contributed by atoms with Crippen LogP contribution in [0.3, 0.4) is 0 Å². The van der Waals surface area contributed by atoms with Crippen LogP contribution in [0.15, 0.2) is 29.3 Å². The number of hydrogen-bond donors (Lipinski definition) is 1. The summed E-state index contributed by atoms with van der Waals surface area (Å²) in [5.74, 6) is 0.0102. The molecule has 0 aliphatic carbocycles. The molecule has 2 rings (SSSR count). The van der Waals surface area contributed by atoms with Gasteiger partial charge in [-0.3, -0.25) is 9.20 Å². The van der Waals surface area contributed by atoms with E-state index in [1.165, 1.54) is 16.7 Å². The van der Waals surface area contributed by atoms with E-state index in [1.807, 2.05) is 19.0 Å². The quantitative estimate of drug-likeness (QED) is 0.797. The molecule has 2 heterocycles. The van der Waals surface area contributed by atoms with Crippen LogP contribution in [0.2, 0.25) is 0 Å². The molecule has 0 bridgehead atoms. The minimum Gasteiger partial charge on any atom is -0.504 e. The van der Waals surface area contributed by atoms with Gasteiger partial charge in [0, 0.05) is 18.9 Å². The van der Waals surface area contributed by atoms with Crippen LogP contribution in [0.4, 0.5) is 0 Å². The standard InChI is InChI=1S/C11H13N3O2/c1-13(2)7-8-6-12-10-9(15)4-3-5-14(10)11(8)16/h3-6,15H,7H2,1-2H3. The van der Waals surface area contributed by atoms with Crippen molar-refractivity contribution in [2.45, 2.75) is 6.54 Å². The third kappa shape index (κ3) is 1.77. The van der Waals surface area contributed by atoms with E-state index in [1.54, 1.807) is 12.3 Å². The average Bonchev–Trinajstić information content (AvgIpc) is 2.23. The van der Waals surface area contributed by atoms with Crippen LogP contribution < -0.4 is 5.56 Å². The van der Waals surface area contributed by atoms with Gasteiger partial charge in [0.05, 0.1) is 5.56 Å². The fourth-order valence-electron chi connectivity index (χ4n) is 1.58. The highest BCUT2D eigenvalue weighted by molar-refractivity contribution is 5.51. The van der Waals surface area contributed by atoms with Gasteiger partial charge in [0.2, 0.25) is 0 Å². The lowest BCUT2D eigenvalue weighted by atomic mass is 10.3. The molecule has 2 aromatic rings. The summed E-state index contributed by atoms with van der Waals surface area (Å²) >= 11 is 0. The smallest absolute Gasteiger partial charge is 0.262 e. The van der Waals surface area contributed by atoms with Crippen molar-refractivity contribution in [2.24, 2.45) is 0 Å². The van der Waals surface area contributed by atoms with E-state index in [4.69, 9.17) is 0 Å². The van der Waals surface area contributed by atoms with Gasteiger partial charge in [-0.25, -0.2) is 4.98 Å². The largest absolute Gasteiger partial charge is 0.504 e. The number of fused-ring (bicyclic) bond motifs is 1. The first kappa shape index (κ1) is 10.6. The van der Waals surface area contributed by atoms with Crippen LogP contribution in [0.25, 0.3) is 5.65 Å². The van der Waals surface area contributed by atoms with E-state index >= 15 is 0 Å². The zero-order chi connectivity index (χ0) is 11.7. The van der Waals surface area contributed by atoms with Gasteiger partial charge in [0.1, 0.15) is 0 Å². The van der Waals surface area contributed by atoms with Gasteiger partial charge in [0.15, 0.2) is 11.4 Å². The minimum atomic E-state index is -0.144. The van der Waals surface area contributed by atoms with E-state index in [0.29, 0.717) is 12.1 Å². The number of rotatable bonds is 2. The van der Waals surface area contributed by atoms with Crippen molar-refractivity contribution in [3.05, 3.63) is 40.4 Å². The summed E-state index contributed by atoms with van der Waals surface area (Å²) in [6, 6.07) is 3.12. The fraction of sp³-hybridized carbons (Fsp3) is 0.273. The molecular weight excluding hydrogens is 206 g/mol. The highest BCUT2D eigenvalue weighted by atomic mass is 16.3. The van der Waals surface area contributed by atoms with Crippen LogP contribution in [0.1, 0.15) is 5.56 Å². The molecule has 5 heteroatoms. The molecule has 0 aliphatic rings. The Balaban J connectivity index is 2.66.